The molecule has 0 aliphatic heterocycles. The molecule has 0 radical (unpaired) electrons. The lowest BCUT2D eigenvalue weighted by Crippen LogP contribution is -2.37. The quantitative estimate of drug-likeness (QED) is 0.744. The van der Waals surface area contributed by atoms with Gasteiger partial charge in [-0.3, -0.25) is 4.79 Å². The van der Waals surface area contributed by atoms with Crippen LogP contribution in [0.15, 0.2) is 24.3 Å². The Balaban J connectivity index is 2.22. The van der Waals surface area contributed by atoms with Gasteiger partial charge in [-0.15, -0.1) is 0 Å². The molecule has 1 rings (SSSR count). The van der Waals surface area contributed by atoms with Crippen LogP contribution in [-0.2, 0) is 11.3 Å². The van der Waals surface area contributed by atoms with Crippen molar-refractivity contribution < 1.29 is 9.53 Å². The van der Waals surface area contributed by atoms with Crippen LogP contribution in [0.4, 0.5) is 0 Å². The fraction of sp³-hybridized carbons (Fsp3) is 0.533. The SMILES string of the molecule is CC(C)N(C)CCNC(=O)COc1ccc(CN)cc1. The average Bonchev–Trinajstić information content (AvgIpc) is 2.45. The molecule has 0 bridgehead atoms. The summed E-state index contributed by atoms with van der Waals surface area (Å²) in [6, 6.07) is 7.91. The number of amides is 1. The first-order valence-electron chi connectivity index (χ1n) is 6.91. The summed E-state index contributed by atoms with van der Waals surface area (Å²) < 4.78 is 5.41. The van der Waals surface area contributed by atoms with E-state index in [9.17, 15) is 4.79 Å². The first-order chi connectivity index (χ1) is 9.52. The van der Waals surface area contributed by atoms with Crippen molar-refractivity contribution in [3.8, 4) is 5.75 Å². The normalized spacial score (nSPS) is 10.9. The van der Waals surface area contributed by atoms with E-state index in [1.807, 2.05) is 31.3 Å². The highest BCUT2D eigenvalue weighted by Gasteiger charge is 2.05. The van der Waals surface area contributed by atoms with Crippen molar-refractivity contribution in [2.75, 3.05) is 26.7 Å². The Morgan fingerprint density at radius 3 is 2.55 bits per heavy atom. The highest BCUT2D eigenvalue weighted by Crippen LogP contribution is 2.11. The van der Waals surface area contributed by atoms with E-state index in [2.05, 4.69) is 24.1 Å². The van der Waals surface area contributed by atoms with Gasteiger partial charge < -0.3 is 20.7 Å². The summed E-state index contributed by atoms with van der Waals surface area (Å²) in [5.74, 6) is 0.571. The maximum atomic E-state index is 11.6. The first-order valence-corrected chi connectivity index (χ1v) is 6.91. The smallest absolute Gasteiger partial charge is 0.257 e. The van der Waals surface area contributed by atoms with Gasteiger partial charge in [-0.25, -0.2) is 0 Å². The second-order valence-electron chi connectivity index (χ2n) is 5.06. The van der Waals surface area contributed by atoms with Crippen molar-refractivity contribution in [2.24, 2.45) is 5.73 Å². The second-order valence-corrected chi connectivity index (χ2v) is 5.06. The Labute approximate surface area is 121 Å². The Hall–Kier alpha value is -1.59. The molecule has 0 aliphatic carbocycles. The molecule has 5 nitrogen and oxygen atoms in total. The molecule has 3 N–H and O–H groups in total. The zero-order chi connectivity index (χ0) is 15.0. The van der Waals surface area contributed by atoms with Gasteiger partial charge in [0, 0.05) is 25.7 Å². The van der Waals surface area contributed by atoms with Crippen molar-refractivity contribution >= 4 is 5.91 Å². The lowest BCUT2D eigenvalue weighted by Gasteiger charge is -2.20. The van der Waals surface area contributed by atoms with Crippen LogP contribution in [-0.4, -0.2) is 43.6 Å². The molecular formula is C15H25N3O2. The monoisotopic (exact) mass is 279 g/mol. The summed E-state index contributed by atoms with van der Waals surface area (Å²) in [5.41, 5.74) is 6.55. The van der Waals surface area contributed by atoms with Crippen LogP contribution in [0.1, 0.15) is 19.4 Å². The van der Waals surface area contributed by atoms with Gasteiger partial charge in [-0.2, -0.15) is 0 Å². The van der Waals surface area contributed by atoms with Gasteiger partial charge in [-0.1, -0.05) is 12.1 Å². The third-order valence-corrected chi connectivity index (χ3v) is 3.20. The number of carbonyl (C=O) groups excluding carboxylic acids is 1. The molecule has 0 aliphatic rings. The molecule has 0 heterocycles. The van der Waals surface area contributed by atoms with Crippen molar-refractivity contribution in [1.82, 2.24) is 10.2 Å². The molecule has 1 amide bonds. The van der Waals surface area contributed by atoms with Crippen molar-refractivity contribution in [2.45, 2.75) is 26.4 Å². The van der Waals surface area contributed by atoms with E-state index in [1.54, 1.807) is 0 Å². The van der Waals surface area contributed by atoms with Crippen LogP contribution in [0.5, 0.6) is 5.75 Å². The highest BCUT2D eigenvalue weighted by molar-refractivity contribution is 5.77. The Morgan fingerprint density at radius 1 is 1.35 bits per heavy atom. The summed E-state index contributed by atoms with van der Waals surface area (Å²) in [6.07, 6.45) is 0. The van der Waals surface area contributed by atoms with Crippen LogP contribution in [0.2, 0.25) is 0 Å². The number of nitrogens with zero attached hydrogens (tertiary/aromatic N) is 1. The third-order valence-electron chi connectivity index (χ3n) is 3.20. The van der Waals surface area contributed by atoms with Crippen LogP contribution < -0.4 is 15.8 Å². The summed E-state index contributed by atoms with van der Waals surface area (Å²) in [7, 11) is 2.03. The largest absolute Gasteiger partial charge is 0.484 e. The lowest BCUT2D eigenvalue weighted by atomic mass is 10.2. The van der Waals surface area contributed by atoms with Gasteiger partial charge in [-0.05, 0) is 38.6 Å². The molecule has 5 heteroatoms. The zero-order valence-electron chi connectivity index (χ0n) is 12.6. The lowest BCUT2D eigenvalue weighted by molar-refractivity contribution is -0.123. The maximum Gasteiger partial charge on any atom is 0.257 e. The highest BCUT2D eigenvalue weighted by atomic mass is 16.5. The molecule has 0 aromatic heterocycles. The molecule has 0 saturated heterocycles. The predicted molar refractivity (Wildman–Crippen MR) is 80.6 cm³/mol. The van der Waals surface area contributed by atoms with Gasteiger partial charge in [0.05, 0.1) is 0 Å². The van der Waals surface area contributed by atoms with Crippen molar-refractivity contribution in [1.29, 1.82) is 0 Å². The topological polar surface area (TPSA) is 67.6 Å². The van der Waals surface area contributed by atoms with Gasteiger partial charge in [0.2, 0.25) is 0 Å². The molecule has 112 valence electrons. The summed E-state index contributed by atoms with van der Waals surface area (Å²) >= 11 is 0. The van der Waals surface area contributed by atoms with E-state index in [0.29, 0.717) is 24.9 Å². The van der Waals surface area contributed by atoms with Crippen LogP contribution in [0.25, 0.3) is 0 Å². The van der Waals surface area contributed by atoms with Crippen molar-refractivity contribution in [3.63, 3.8) is 0 Å². The van der Waals surface area contributed by atoms with E-state index >= 15 is 0 Å². The average molecular weight is 279 g/mol. The molecule has 0 atom stereocenters. The Kier molecular flexibility index (Phi) is 7.04. The summed E-state index contributed by atoms with van der Waals surface area (Å²) in [4.78, 5) is 13.8. The molecule has 20 heavy (non-hydrogen) atoms. The number of carbonyl (C=O) groups is 1. The molecule has 0 unspecified atom stereocenters. The fourth-order valence-electron chi connectivity index (χ4n) is 1.55. The maximum absolute atomic E-state index is 11.6. The number of nitrogens with one attached hydrogen (secondary N) is 1. The van der Waals surface area contributed by atoms with E-state index < -0.39 is 0 Å². The van der Waals surface area contributed by atoms with Gasteiger partial charge >= 0.3 is 0 Å². The van der Waals surface area contributed by atoms with E-state index in [1.165, 1.54) is 0 Å². The minimum absolute atomic E-state index is 0.0351. The van der Waals surface area contributed by atoms with Crippen molar-refractivity contribution in [3.05, 3.63) is 29.8 Å². The number of rotatable bonds is 8. The number of nitrogens with two attached hydrogens (primary N) is 1. The second kappa shape index (κ2) is 8.55. The molecular weight excluding hydrogens is 254 g/mol. The van der Waals surface area contributed by atoms with Crippen LogP contribution in [0, 0.1) is 0 Å². The van der Waals surface area contributed by atoms with E-state index in [4.69, 9.17) is 10.5 Å². The minimum atomic E-state index is -0.106. The molecule has 0 spiro atoms. The number of likely N-dealkylation sites (N-methyl/N-ethyl adjacent to an activating group) is 1. The summed E-state index contributed by atoms with van der Waals surface area (Å²) in [5, 5.41) is 2.84. The summed E-state index contributed by atoms with van der Waals surface area (Å²) in [6.45, 7) is 6.24. The third kappa shape index (κ3) is 6.04. The number of hydrogen-bond acceptors (Lipinski definition) is 4. The molecule has 0 saturated carbocycles. The molecule has 1 aromatic carbocycles. The Morgan fingerprint density at radius 2 is 2.00 bits per heavy atom. The van der Waals surface area contributed by atoms with E-state index in [-0.39, 0.29) is 12.5 Å². The van der Waals surface area contributed by atoms with E-state index in [0.717, 1.165) is 12.1 Å². The molecule has 0 fully saturated rings. The standard InChI is InChI=1S/C15H25N3O2/c1-12(2)18(3)9-8-17-15(19)11-20-14-6-4-13(10-16)5-7-14/h4-7,12H,8-11,16H2,1-3H3,(H,17,19). The van der Waals surface area contributed by atoms with Gasteiger partial charge in [0.1, 0.15) is 5.75 Å². The molecule has 1 aromatic rings. The van der Waals surface area contributed by atoms with Crippen LogP contribution >= 0.6 is 0 Å². The van der Waals surface area contributed by atoms with Gasteiger partial charge in [0.15, 0.2) is 6.61 Å². The number of benzene rings is 1. The van der Waals surface area contributed by atoms with Crippen LogP contribution in [0.3, 0.4) is 0 Å². The number of hydrogen-bond donors (Lipinski definition) is 2. The predicted octanol–water partition coefficient (Wildman–Crippen LogP) is 0.981. The zero-order valence-corrected chi connectivity index (χ0v) is 12.6. The fourth-order valence-corrected chi connectivity index (χ4v) is 1.55. The minimum Gasteiger partial charge on any atom is -0.484 e. The Bertz CT molecular complexity index is 404. The van der Waals surface area contributed by atoms with Gasteiger partial charge in [0.25, 0.3) is 5.91 Å². The number of ether oxygens (including phenoxy) is 1. The first kappa shape index (κ1) is 16.5.